The van der Waals surface area contributed by atoms with Crippen LogP contribution in [0, 0.1) is 5.82 Å². The Labute approximate surface area is 175 Å². The molecule has 0 unspecified atom stereocenters. The second-order valence-electron chi connectivity index (χ2n) is 7.13. The zero-order valence-electron chi connectivity index (χ0n) is 16.0. The predicted octanol–water partition coefficient (Wildman–Crippen LogP) is 4.76. The smallest absolute Gasteiger partial charge is 0.155 e. The first-order chi connectivity index (χ1) is 15.3. The van der Waals surface area contributed by atoms with Crippen LogP contribution in [-0.2, 0) is 0 Å². The first kappa shape index (κ1) is 17.4. The van der Waals surface area contributed by atoms with Gasteiger partial charge in [-0.25, -0.2) is 19.3 Å². The van der Waals surface area contributed by atoms with Crippen LogP contribution in [0.1, 0.15) is 0 Å². The Balaban J connectivity index is 1.53. The van der Waals surface area contributed by atoms with E-state index < -0.39 is 0 Å². The van der Waals surface area contributed by atoms with Crippen molar-refractivity contribution in [3.63, 3.8) is 0 Å². The zero-order valence-corrected chi connectivity index (χ0v) is 16.0. The highest BCUT2D eigenvalue weighted by atomic mass is 19.1. The van der Waals surface area contributed by atoms with Crippen molar-refractivity contribution in [3.8, 4) is 33.6 Å². The average molecular weight is 407 g/mol. The number of nitrogens with one attached hydrogen (secondary N) is 2. The van der Waals surface area contributed by atoms with E-state index in [0.29, 0.717) is 11.2 Å². The fourth-order valence-corrected chi connectivity index (χ4v) is 3.79. The number of H-pyrrole nitrogens is 2. The van der Waals surface area contributed by atoms with Gasteiger partial charge in [-0.15, -0.1) is 0 Å². The molecule has 0 spiro atoms. The molecule has 0 bridgehead atoms. The van der Waals surface area contributed by atoms with E-state index in [1.54, 1.807) is 43.1 Å². The lowest BCUT2D eigenvalue weighted by Gasteiger charge is -2.03. The molecule has 0 aliphatic rings. The number of hydrogen-bond acceptors (Lipinski definition) is 5. The topological polar surface area (TPSA) is 96.0 Å². The third-order valence-corrected chi connectivity index (χ3v) is 5.28. The van der Waals surface area contributed by atoms with Gasteiger partial charge in [-0.2, -0.15) is 5.10 Å². The van der Waals surface area contributed by atoms with Crippen molar-refractivity contribution in [1.82, 2.24) is 35.1 Å². The Bertz CT molecular complexity index is 1550. The molecule has 1 aromatic carbocycles. The molecular formula is C23H14FN7. The molecule has 0 saturated heterocycles. The monoisotopic (exact) mass is 407 g/mol. The second kappa shape index (κ2) is 6.81. The van der Waals surface area contributed by atoms with Crippen LogP contribution >= 0.6 is 0 Å². The maximum atomic E-state index is 14.4. The summed E-state index contributed by atoms with van der Waals surface area (Å²) in [6.45, 7) is 0. The first-order valence-electron chi connectivity index (χ1n) is 9.59. The first-order valence-corrected chi connectivity index (χ1v) is 9.59. The Morgan fingerprint density at radius 3 is 2.52 bits per heavy atom. The van der Waals surface area contributed by atoms with Crippen LogP contribution in [0.3, 0.4) is 0 Å². The third kappa shape index (κ3) is 2.84. The van der Waals surface area contributed by atoms with Gasteiger partial charge in [0.15, 0.2) is 5.65 Å². The molecule has 7 nitrogen and oxygen atoms in total. The van der Waals surface area contributed by atoms with Crippen LogP contribution in [0.4, 0.5) is 4.39 Å². The fraction of sp³-hybridized carbons (Fsp3) is 0. The normalized spacial score (nSPS) is 11.4. The van der Waals surface area contributed by atoms with Gasteiger partial charge in [-0.3, -0.25) is 10.1 Å². The van der Waals surface area contributed by atoms with E-state index >= 15 is 0 Å². The van der Waals surface area contributed by atoms with Crippen molar-refractivity contribution >= 4 is 21.9 Å². The number of aromatic nitrogens is 7. The van der Waals surface area contributed by atoms with Crippen LogP contribution in [0.5, 0.6) is 0 Å². The molecule has 0 saturated carbocycles. The van der Waals surface area contributed by atoms with E-state index in [9.17, 15) is 4.39 Å². The molecule has 0 amide bonds. The standard InChI is InChI=1S/C23H14FN7/c24-19-4-2-1-3-15(19)18-10-25-11-21-16(18)6-20(29-21)22-17-5-13(9-28-23(17)31-30-22)14-7-26-12-27-8-14/h1-12,29H,(H,28,30,31). The molecule has 31 heavy (non-hydrogen) atoms. The van der Waals surface area contributed by atoms with Crippen molar-refractivity contribution in [3.05, 3.63) is 79.5 Å². The lowest BCUT2D eigenvalue weighted by Crippen LogP contribution is -1.85. The number of rotatable bonds is 3. The van der Waals surface area contributed by atoms with E-state index in [2.05, 4.69) is 35.1 Å². The Morgan fingerprint density at radius 1 is 0.774 bits per heavy atom. The number of aromatic amines is 2. The van der Waals surface area contributed by atoms with Crippen LogP contribution in [-0.4, -0.2) is 35.1 Å². The van der Waals surface area contributed by atoms with Gasteiger partial charge >= 0.3 is 0 Å². The van der Waals surface area contributed by atoms with Crippen molar-refractivity contribution in [2.75, 3.05) is 0 Å². The van der Waals surface area contributed by atoms with E-state index in [-0.39, 0.29) is 5.82 Å². The molecule has 6 aromatic rings. The lowest BCUT2D eigenvalue weighted by atomic mass is 10.0. The summed E-state index contributed by atoms with van der Waals surface area (Å²) in [6.07, 6.45) is 10.1. The Kier molecular flexibility index (Phi) is 3.82. The molecule has 2 N–H and O–H groups in total. The molecule has 0 aliphatic carbocycles. The molecule has 0 radical (unpaired) electrons. The van der Waals surface area contributed by atoms with E-state index in [1.807, 2.05) is 18.2 Å². The molecule has 0 aliphatic heterocycles. The van der Waals surface area contributed by atoms with E-state index in [4.69, 9.17) is 0 Å². The highest BCUT2D eigenvalue weighted by Gasteiger charge is 2.16. The molecule has 8 heteroatoms. The van der Waals surface area contributed by atoms with Crippen LogP contribution < -0.4 is 0 Å². The number of nitrogens with zero attached hydrogens (tertiary/aromatic N) is 5. The zero-order chi connectivity index (χ0) is 20.8. The number of fused-ring (bicyclic) bond motifs is 2. The highest BCUT2D eigenvalue weighted by Crippen LogP contribution is 2.34. The number of pyridine rings is 2. The minimum absolute atomic E-state index is 0.288. The molecular weight excluding hydrogens is 393 g/mol. The van der Waals surface area contributed by atoms with Gasteiger partial charge in [-0.1, -0.05) is 18.2 Å². The summed E-state index contributed by atoms with van der Waals surface area (Å²) in [5.41, 5.74) is 5.96. The van der Waals surface area contributed by atoms with Crippen molar-refractivity contribution in [1.29, 1.82) is 0 Å². The van der Waals surface area contributed by atoms with Gasteiger partial charge in [0.1, 0.15) is 17.8 Å². The van der Waals surface area contributed by atoms with Gasteiger partial charge in [-0.05, 0) is 18.2 Å². The van der Waals surface area contributed by atoms with Crippen molar-refractivity contribution in [2.45, 2.75) is 0 Å². The fourth-order valence-electron chi connectivity index (χ4n) is 3.79. The molecule has 5 aromatic heterocycles. The Hall–Kier alpha value is -4.46. The summed E-state index contributed by atoms with van der Waals surface area (Å²) < 4.78 is 14.4. The van der Waals surface area contributed by atoms with Gasteiger partial charge in [0.25, 0.3) is 0 Å². The summed E-state index contributed by atoms with van der Waals surface area (Å²) in [4.78, 5) is 20.3. The molecule has 0 fully saturated rings. The summed E-state index contributed by atoms with van der Waals surface area (Å²) in [7, 11) is 0. The van der Waals surface area contributed by atoms with Gasteiger partial charge in [0.05, 0.1) is 17.4 Å². The maximum absolute atomic E-state index is 14.4. The SMILES string of the molecule is Fc1ccccc1-c1cncc2[nH]c(-c3n[nH]c4ncc(-c5cncnc5)cc34)cc12. The van der Waals surface area contributed by atoms with Crippen LogP contribution in [0.15, 0.2) is 73.7 Å². The molecule has 6 rings (SSSR count). The largest absolute Gasteiger partial charge is 0.352 e. The third-order valence-electron chi connectivity index (χ3n) is 5.28. The lowest BCUT2D eigenvalue weighted by molar-refractivity contribution is 0.631. The van der Waals surface area contributed by atoms with Crippen LogP contribution in [0.25, 0.3) is 55.6 Å². The summed E-state index contributed by atoms with van der Waals surface area (Å²) >= 11 is 0. The van der Waals surface area contributed by atoms with Crippen LogP contribution in [0.2, 0.25) is 0 Å². The van der Waals surface area contributed by atoms with E-state index in [0.717, 1.165) is 44.4 Å². The average Bonchev–Trinajstić information content (AvgIpc) is 3.43. The van der Waals surface area contributed by atoms with E-state index in [1.165, 1.54) is 12.4 Å². The quantitative estimate of drug-likeness (QED) is 0.441. The summed E-state index contributed by atoms with van der Waals surface area (Å²) in [6, 6.07) is 10.7. The summed E-state index contributed by atoms with van der Waals surface area (Å²) in [5.74, 6) is -0.288. The predicted molar refractivity (Wildman–Crippen MR) is 115 cm³/mol. The maximum Gasteiger partial charge on any atom is 0.155 e. The summed E-state index contributed by atoms with van der Waals surface area (Å²) in [5, 5.41) is 9.17. The number of hydrogen-bond donors (Lipinski definition) is 2. The minimum atomic E-state index is -0.288. The highest BCUT2D eigenvalue weighted by molar-refractivity contribution is 6.00. The molecule has 0 atom stereocenters. The molecule has 5 heterocycles. The number of halogens is 1. The van der Waals surface area contributed by atoms with Gasteiger partial charge in [0.2, 0.25) is 0 Å². The molecule has 148 valence electrons. The Morgan fingerprint density at radius 2 is 1.65 bits per heavy atom. The van der Waals surface area contributed by atoms with Gasteiger partial charge in [0, 0.05) is 57.8 Å². The number of benzene rings is 1. The van der Waals surface area contributed by atoms with Crippen molar-refractivity contribution < 1.29 is 4.39 Å². The van der Waals surface area contributed by atoms with Gasteiger partial charge < -0.3 is 4.98 Å². The minimum Gasteiger partial charge on any atom is -0.352 e. The second-order valence-corrected chi connectivity index (χ2v) is 7.13. The van der Waals surface area contributed by atoms with Crippen molar-refractivity contribution in [2.24, 2.45) is 0 Å².